The van der Waals surface area contributed by atoms with Gasteiger partial charge in [0.1, 0.15) is 23.7 Å². The highest BCUT2D eigenvalue weighted by atomic mass is 16.1. The number of carbonyl (C=O) groups is 1. The number of ketones is 1. The number of para-hydroxylation sites is 1. The van der Waals surface area contributed by atoms with Crippen LogP contribution >= 0.6 is 0 Å². The molecule has 0 radical (unpaired) electrons. The summed E-state index contributed by atoms with van der Waals surface area (Å²) in [5.74, 6) is 1.48. The number of Topliss-reactive ketones (excluding diaryl/α,β-unsaturated/α-hetero) is 1. The van der Waals surface area contributed by atoms with E-state index in [1.807, 2.05) is 48.3 Å². The second-order valence-electron chi connectivity index (χ2n) is 4.21. The largest absolute Gasteiger partial charge is 0.363 e. The first kappa shape index (κ1) is 13.0. The SMILES string of the molecule is CC(=O)CNc1cc(N(C)c2ccccc2)ncn1. The van der Waals surface area contributed by atoms with Gasteiger partial charge in [0.2, 0.25) is 0 Å². The van der Waals surface area contributed by atoms with Gasteiger partial charge in [-0.3, -0.25) is 4.79 Å². The minimum Gasteiger partial charge on any atom is -0.363 e. The second-order valence-corrected chi connectivity index (χ2v) is 4.21. The fraction of sp³-hybridized carbons (Fsp3) is 0.214. The molecule has 0 aliphatic rings. The third-order valence-electron chi connectivity index (χ3n) is 2.66. The molecule has 1 aromatic heterocycles. The van der Waals surface area contributed by atoms with Gasteiger partial charge in [0.15, 0.2) is 0 Å². The summed E-state index contributed by atoms with van der Waals surface area (Å²) in [5.41, 5.74) is 1.04. The third kappa shape index (κ3) is 3.51. The van der Waals surface area contributed by atoms with Crippen LogP contribution in [-0.2, 0) is 4.79 Å². The summed E-state index contributed by atoms with van der Waals surface area (Å²) >= 11 is 0. The van der Waals surface area contributed by atoms with Gasteiger partial charge in [0, 0.05) is 18.8 Å². The van der Waals surface area contributed by atoms with Crippen LogP contribution in [0.1, 0.15) is 6.92 Å². The van der Waals surface area contributed by atoms with E-state index in [1.54, 1.807) is 0 Å². The molecular weight excluding hydrogens is 240 g/mol. The van der Waals surface area contributed by atoms with Crippen molar-refractivity contribution in [2.45, 2.75) is 6.92 Å². The molecule has 1 aromatic carbocycles. The van der Waals surface area contributed by atoms with E-state index in [0.717, 1.165) is 11.5 Å². The van der Waals surface area contributed by atoms with E-state index in [1.165, 1.54) is 13.3 Å². The van der Waals surface area contributed by atoms with Crippen molar-refractivity contribution < 1.29 is 4.79 Å². The van der Waals surface area contributed by atoms with E-state index in [0.29, 0.717) is 5.82 Å². The lowest BCUT2D eigenvalue weighted by molar-refractivity contribution is -0.115. The van der Waals surface area contributed by atoms with Gasteiger partial charge >= 0.3 is 0 Å². The molecule has 0 atom stereocenters. The maximum absolute atomic E-state index is 10.9. The Morgan fingerprint density at radius 2 is 2.00 bits per heavy atom. The smallest absolute Gasteiger partial charge is 0.148 e. The predicted molar refractivity (Wildman–Crippen MR) is 75.7 cm³/mol. The lowest BCUT2D eigenvalue weighted by Crippen LogP contribution is -2.14. The van der Waals surface area contributed by atoms with E-state index < -0.39 is 0 Å². The minimum absolute atomic E-state index is 0.0663. The molecule has 19 heavy (non-hydrogen) atoms. The number of aromatic nitrogens is 2. The van der Waals surface area contributed by atoms with Crippen LogP contribution in [0.5, 0.6) is 0 Å². The van der Waals surface area contributed by atoms with Gasteiger partial charge < -0.3 is 10.2 Å². The van der Waals surface area contributed by atoms with Crippen molar-refractivity contribution >= 4 is 23.1 Å². The first-order valence-corrected chi connectivity index (χ1v) is 6.01. The topological polar surface area (TPSA) is 58.1 Å². The Balaban J connectivity index is 2.16. The Bertz CT molecular complexity index is 556. The lowest BCUT2D eigenvalue weighted by Gasteiger charge is -2.18. The van der Waals surface area contributed by atoms with Crippen LogP contribution in [0, 0.1) is 0 Å². The van der Waals surface area contributed by atoms with E-state index in [9.17, 15) is 4.79 Å². The van der Waals surface area contributed by atoms with Crippen molar-refractivity contribution in [3.8, 4) is 0 Å². The van der Waals surface area contributed by atoms with Gasteiger partial charge in [-0.25, -0.2) is 9.97 Å². The highest BCUT2D eigenvalue weighted by Crippen LogP contribution is 2.21. The van der Waals surface area contributed by atoms with Gasteiger partial charge in [0.05, 0.1) is 6.54 Å². The highest BCUT2D eigenvalue weighted by Gasteiger charge is 2.06. The van der Waals surface area contributed by atoms with Gasteiger partial charge in [-0.1, -0.05) is 18.2 Å². The Morgan fingerprint density at radius 3 is 2.68 bits per heavy atom. The van der Waals surface area contributed by atoms with Crippen molar-refractivity contribution in [3.63, 3.8) is 0 Å². The molecule has 5 nitrogen and oxygen atoms in total. The van der Waals surface area contributed by atoms with Crippen LogP contribution in [-0.4, -0.2) is 29.3 Å². The first-order valence-electron chi connectivity index (χ1n) is 6.01. The van der Waals surface area contributed by atoms with Crippen LogP contribution in [0.3, 0.4) is 0 Å². The van der Waals surface area contributed by atoms with Gasteiger partial charge in [0.25, 0.3) is 0 Å². The maximum Gasteiger partial charge on any atom is 0.148 e. The van der Waals surface area contributed by atoms with E-state index in [2.05, 4.69) is 15.3 Å². The minimum atomic E-state index is 0.0663. The standard InChI is InChI=1S/C14H16N4O/c1-11(19)9-15-13-8-14(17-10-16-13)18(2)12-6-4-3-5-7-12/h3-8,10H,9H2,1-2H3,(H,15,16,17). The molecular formula is C14H16N4O. The maximum atomic E-state index is 10.9. The number of rotatable bonds is 5. The first-order chi connectivity index (χ1) is 9.16. The average molecular weight is 256 g/mol. The van der Waals surface area contributed by atoms with E-state index in [-0.39, 0.29) is 12.3 Å². The molecule has 0 bridgehead atoms. The number of hydrogen-bond donors (Lipinski definition) is 1. The molecule has 1 N–H and O–H groups in total. The summed E-state index contributed by atoms with van der Waals surface area (Å²) in [4.78, 5) is 21.2. The van der Waals surface area contributed by atoms with Crippen molar-refractivity contribution in [2.24, 2.45) is 0 Å². The number of nitrogens with one attached hydrogen (secondary N) is 1. The zero-order valence-electron chi connectivity index (χ0n) is 11.0. The number of hydrogen-bond acceptors (Lipinski definition) is 5. The molecule has 98 valence electrons. The summed E-state index contributed by atoms with van der Waals surface area (Å²) < 4.78 is 0. The van der Waals surface area contributed by atoms with Crippen LogP contribution in [0.2, 0.25) is 0 Å². The van der Waals surface area contributed by atoms with Crippen molar-refractivity contribution in [3.05, 3.63) is 42.7 Å². The van der Waals surface area contributed by atoms with E-state index >= 15 is 0 Å². The van der Waals surface area contributed by atoms with Crippen molar-refractivity contribution in [1.82, 2.24) is 9.97 Å². The molecule has 1 heterocycles. The summed E-state index contributed by atoms with van der Waals surface area (Å²) in [7, 11) is 1.94. The predicted octanol–water partition coefficient (Wildman–Crippen LogP) is 2.25. The molecule has 0 spiro atoms. The molecule has 0 fully saturated rings. The number of anilines is 3. The quantitative estimate of drug-likeness (QED) is 0.889. The molecule has 0 aliphatic carbocycles. The Morgan fingerprint density at radius 1 is 1.26 bits per heavy atom. The summed E-state index contributed by atoms with van der Waals surface area (Å²) in [6.07, 6.45) is 1.48. The highest BCUT2D eigenvalue weighted by molar-refractivity contribution is 5.80. The molecule has 0 unspecified atom stereocenters. The number of benzene rings is 1. The summed E-state index contributed by atoms with van der Waals surface area (Å²) in [6, 6.07) is 11.7. The average Bonchev–Trinajstić information content (AvgIpc) is 2.45. The molecule has 0 aliphatic heterocycles. The molecule has 0 amide bonds. The fourth-order valence-corrected chi connectivity index (χ4v) is 1.63. The third-order valence-corrected chi connectivity index (χ3v) is 2.66. The van der Waals surface area contributed by atoms with Gasteiger partial charge in [-0.2, -0.15) is 0 Å². The zero-order chi connectivity index (χ0) is 13.7. The molecule has 2 aromatic rings. The molecule has 5 heteroatoms. The van der Waals surface area contributed by atoms with Crippen LogP contribution in [0.15, 0.2) is 42.7 Å². The Labute approximate surface area is 112 Å². The molecule has 0 saturated heterocycles. The summed E-state index contributed by atoms with van der Waals surface area (Å²) in [6.45, 7) is 1.80. The lowest BCUT2D eigenvalue weighted by atomic mass is 10.3. The van der Waals surface area contributed by atoms with Crippen LogP contribution < -0.4 is 10.2 Å². The Hall–Kier alpha value is -2.43. The van der Waals surface area contributed by atoms with Crippen LogP contribution in [0.4, 0.5) is 17.3 Å². The summed E-state index contributed by atoms with van der Waals surface area (Å²) in [5, 5.41) is 2.96. The van der Waals surface area contributed by atoms with Gasteiger partial charge in [-0.05, 0) is 19.1 Å². The Kier molecular flexibility index (Phi) is 4.07. The number of nitrogens with zero attached hydrogens (tertiary/aromatic N) is 3. The van der Waals surface area contributed by atoms with E-state index in [4.69, 9.17) is 0 Å². The normalized spacial score (nSPS) is 10.0. The molecule has 0 saturated carbocycles. The number of carbonyl (C=O) groups excluding carboxylic acids is 1. The molecule has 2 rings (SSSR count). The van der Waals surface area contributed by atoms with Gasteiger partial charge in [-0.15, -0.1) is 0 Å². The fourth-order valence-electron chi connectivity index (χ4n) is 1.63. The van der Waals surface area contributed by atoms with Crippen molar-refractivity contribution in [2.75, 3.05) is 23.8 Å². The zero-order valence-corrected chi connectivity index (χ0v) is 11.0. The van der Waals surface area contributed by atoms with Crippen LogP contribution in [0.25, 0.3) is 0 Å². The second kappa shape index (κ2) is 5.95. The monoisotopic (exact) mass is 256 g/mol. The van der Waals surface area contributed by atoms with Crippen molar-refractivity contribution in [1.29, 1.82) is 0 Å².